The predicted octanol–water partition coefficient (Wildman–Crippen LogP) is 2.03. The van der Waals surface area contributed by atoms with Crippen molar-refractivity contribution in [2.24, 2.45) is 7.05 Å². The van der Waals surface area contributed by atoms with E-state index in [-0.39, 0.29) is 5.82 Å². The average Bonchev–Trinajstić information content (AvgIpc) is 2.66. The summed E-state index contributed by atoms with van der Waals surface area (Å²) >= 11 is 0. The van der Waals surface area contributed by atoms with E-state index in [0.717, 1.165) is 43.6 Å². The lowest BCUT2D eigenvalue weighted by Gasteiger charge is -2.27. The molecular weight excluding hydrogens is 241 g/mol. The highest BCUT2D eigenvalue weighted by molar-refractivity contribution is 5.85. The molecule has 1 fully saturated rings. The molecule has 4 heteroatoms. The van der Waals surface area contributed by atoms with E-state index in [2.05, 4.69) is 17.1 Å². The van der Waals surface area contributed by atoms with E-state index in [0.29, 0.717) is 0 Å². The van der Waals surface area contributed by atoms with Gasteiger partial charge in [-0.25, -0.2) is 4.39 Å². The Morgan fingerprint density at radius 1 is 1.26 bits per heavy atom. The second kappa shape index (κ2) is 4.94. The Morgan fingerprint density at radius 2 is 2.00 bits per heavy atom. The van der Waals surface area contributed by atoms with Crippen LogP contribution < -0.4 is 5.32 Å². The average molecular weight is 261 g/mol. The van der Waals surface area contributed by atoms with Gasteiger partial charge in [0.05, 0.1) is 5.52 Å². The maximum atomic E-state index is 14.0. The fourth-order valence-electron chi connectivity index (χ4n) is 2.96. The van der Waals surface area contributed by atoms with Crippen LogP contribution >= 0.6 is 0 Å². The molecule has 0 radical (unpaired) electrons. The van der Waals surface area contributed by atoms with E-state index in [9.17, 15) is 4.39 Å². The van der Waals surface area contributed by atoms with Crippen molar-refractivity contribution >= 4 is 10.9 Å². The van der Waals surface area contributed by atoms with Crippen LogP contribution in [0, 0.1) is 12.7 Å². The molecule has 0 atom stereocenters. The monoisotopic (exact) mass is 261 g/mol. The van der Waals surface area contributed by atoms with Crippen molar-refractivity contribution in [2.75, 3.05) is 26.2 Å². The van der Waals surface area contributed by atoms with E-state index < -0.39 is 0 Å². The summed E-state index contributed by atoms with van der Waals surface area (Å²) in [6.07, 6.45) is 0. The second-order valence-corrected chi connectivity index (χ2v) is 5.29. The van der Waals surface area contributed by atoms with Gasteiger partial charge in [0.25, 0.3) is 0 Å². The molecule has 0 bridgehead atoms. The molecule has 2 heterocycles. The van der Waals surface area contributed by atoms with Crippen LogP contribution in [0.2, 0.25) is 0 Å². The molecule has 1 aromatic carbocycles. The number of nitrogens with one attached hydrogen (secondary N) is 1. The molecular formula is C15H20FN3. The molecule has 1 N–H and O–H groups in total. The quantitative estimate of drug-likeness (QED) is 0.892. The first-order valence-electron chi connectivity index (χ1n) is 6.84. The van der Waals surface area contributed by atoms with Crippen LogP contribution in [0.25, 0.3) is 10.9 Å². The first-order chi connectivity index (χ1) is 9.18. The molecule has 1 aliphatic rings. The number of benzene rings is 1. The van der Waals surface area contributed by atoms with Crippen molar-refractivity contribution in [3.63, 3.8) is 0 Å². The number of nitrogens with zero attached hydrogens (tertiary/aromatic N) is 2. The number of piperazine rings is 1. The summed E-state index contributed by atoms with van der Waals surface area (Å²) in [6, 6.07) is 5.37. The second-order valence-electron chi connectivity index (χ2n) is 5.29. The number of para-hydroxylation sites is 1. The molecule has 0 unspecified atom stereocenters. The van der Waals surface area contributed by atoms with Crippen molar-refractivity contribution < 1.29 is 4.39 Å². The van der Waals surface area contributed by atoms with Gasteiger partial charge in [-0.3, -0.25) is 4.90 Å². The van der Waals surface area contributed by atoms with Crippen LogP contribution in [-0.2, 0) is 13.6 Å². The Morgan fingerprint density at radius 3 is 2.74 bits per heavy atom. The number of hydrogen-bond acceptors (Lipinski definition) is 2. The molecule has 0 aliphatic carbocycles. The van der Waals surface area contributed by atoms with Gasteiger partial charge in [-0.2, -0.15) is 0 Å². The van der Waals surface area contributed by atoms with E-state index in [1.807, 2.05) is 17.7 Å². The Balaban J connectivity index is 2.03. The topological polar surface area (TPSA) is 20.2 Å². The zero-order chi connectivity index (χ0) is 13.4. The molecule has 1 aromatic heterocycles. The zero-order valence-corrected chi connectivity index (χ0v) is 11.5. The standard InChI is InChI=1S/C15H20FN3/c1-11-13(10-19-8-6-17-7-9-19)12-4-3-5-14(16)15(12)18(11)2/h3-5,17H,6-10H2,1-2H3. The van der Waals surface area contributed by atoms with Crippen molar-refractivity contribution in [2.45, 2.75) is 13.5 Å². The maximum Gasteiger partial charge on any atom is 0.147 e. The van der Waals surface area contributed by atoms with Crippen LogP contribution in [0.4, 0.5) is 4.39 Å². The summed E-state index contributed by atoms with van der Waals surface area (Å²) in [5.74, 6) is -0.130. The third-order valence-corrected chi connectivity index (χ3v) is 4.18. The number of aromatic nitrogens is 1. The molecule has 19 heavy (non-hydrogen) atoms. The molecule has 1 aliphatic heterocycles. The van der Waals surface area contributed by atoms with Crippen molar-refractivity contribution in [3.05, 3.63) is 35.3 Å². The molecule has 3 rings (SSSR count). The first-order valence-corrected chi connectivity index (χ1v) is 6.84. The number of aryl methyl sites for hydroxylation is 1. The van der Waals surface area contributed by atoms with E-state index in [1.165, 1.54) is 17.3 Å². The highest BCUT2D eigenvalue weighted by atomic mass is 19.1. The van der Waals surface area contributed by atoms with Crippen LogP contribution in [0.5, 0.6) is 0 Å². The third kappa shape index (κ3) is 2.15. The smallest absolute Gasteiger partial charge is 0.147 e. The van der Waals surface area contributed by atoms with Gasteiger partial charge in [-0.1, -0.05) is 12.1 Å². The predicted molar refractivity (Wildman–Crippen MR) is 75.8 cm³/mol. The van der Waals surface area contributed by atoms with Gasteiger partial charge in [-0.15, -0.1) is 0 Å². The van der Waals surface area contributed by atoms with Gasteiger partial charge in [0, 0.05) is 50.9 Å². The first kappa shape index (κ1) is 12.6. The minimum atomic E-state index is -0.130. The molecule has 1 saturated heterocycles. The minimum Gasteiger partial charge on any atom is -0.345 e. The Labute approximate surface area is 113 Å². The maximum absolute atomic E-state index is 14.0. The third-order valence-electron chi connectivity index (χ3n) is 4.18. The lowest BCUT2D eigenvalue weighted by molar-refractivity contribution is 0.233. The molecule has 0 saturated carbocycles. The van der Waals surface area contributed by atoms with E-state index in [1.54, 1.807) is 6.07 Å². The number of halogens is 1. The highest BCUT2D eigenvalue weighted by Gasteiger charge is 2.18. The Kier molecular flexibility index (Phi) is 3.29. The highest BCUT2D eigenvalue weighted by Crippen LogP contribution is 2.28. The zero-order valence-electron chi connectivity index (χ0n) is 11.5. The summed E-state index contributed by atoms with van der Waals surface area (Å²) in [5, 5.41) is 4.41. The van der Waals surface area contributed by atoms with Gasteiger partial charge in [0.1, 0.15) is 5.82 Å². The molecule has 2 aromatic rings. The van der Waals surface area contributed by atoms with Crippen molar-refractivity contribution in [3.8, 4) is 0 Å². The summed E-state index contributed by atoms with van der Waals surface area (Å²) in [7, 11) is 1.95. The van der Waals surface area contributed by atoms with Crippen molar-refractivity contribution in [1.29, 1.82) is 0 Å². The van der Waals surface area contributed by atoms with Gasteiger partial charge < -0.3 is 9.88 Å². The normalized spacial score (nSPS) is 17.2. The van der Waals surface area contributed by atoms with Gasteiger partial charge in [0.2, 0.25) is 0 Å². The van der Waals surface area contributed by atoms with Crippen LogP contribution in [0.15, 0.2) is 18.2 Å². The molecule has 102 valence electrons. The lowest BCUT2D eigenvalue weighted by atomic mass is 10.1. The lowest BCUT2D eigenvalue weighted by Crippen LogP contribution is -2.42. The number of hydrogen-bond donors (Lipinski definition) is 1. The summed E-state index contributed by atoms with van der Waals surface area (Å²) in [4.78, 5) is 2.43. The summed E-state index contributed by atoms with van der Waals surface area (Å²) in [5.41, 5.74) is 3.16. The summed E-state index contributed by atoms with van der Waals surface area (Å²) in [6.45, 7) is 7.19. The minimum absolute atomic E-state index is 0.130. The molecule has 3 nitrogen and oxygen atoms in total. The fourth-order valence-corrected chi connectivity index (χ4v) is 2.96. The van der Waals surface area contributed by atoms with Crippen LogP contribution in [0.1, 0.15) is 11.3 Å². The van der Waals surface area contributed by atoms with Crippen LogP contribution in [0.3, 0.4) is 0 Å². The fraction of sp³-hybridized carbons (Fsp3) is 0.467. The van der Waals surface area contributed by atoms with Gasteiger partial charge in [0.15, 0.2) is 0 Å². The van der Waals surface area contributed by atoms with E-state index in [4.69, 9.17) is 0 Å². The Hall–Kier alpha value is -1.39. The van der Waals surface area contributed by atoms with Crippen LogP contribution in [-0.4, -0.2) is 35.6 Å². The van der Waals surface area contributed by atoms with Crippen molar-refractivity contribution in [1.82, 2.24) is 14.8 Å². The Bertz CT molecular complexity index is 597. The number of fused-ring (bicyclic) bond motifs is 1. The number of rotatable bonds is 2. The SMILES string of the molecule is Cc1c(CN2CCNCC2)c2cccc(F)c2n1C. The molecule has 0 amide bonds. The van der Waals surface area contributed by atoms with E-state index >= 15 is 0 Å². The molecule has 0 spiro atoms. The van der Waals surface area contributed by atoms with Gasteiger partial charge in [-0.05, 0) is 18.6 Å². The summed E-state index contributed by atoms with van der Waals surface area (Å²) < 4.78 is 15.9. The largest absolute Gasteiger partial charge is 0.345 e. The van der Waals surface area contributed by atoms with Gasteiger partial charge >= 0.3 is 0 Å².